The van der Waals surface area contributed by atoms with Gasteiger partial charge in [0, 0.05) is 42.6 Å². The third kappa shape index (κ3) is 5.24. The summed E-state index contributed by atoms with van der Waals surface area (Å²) in [5.41, 5.74) is 8.40. The first-order valence-electron chi connectivity index (χ1n) is 10.5. The summed E-state index contributed by atoms with van der Waals surface area (Å²) in [6.07, 6.45) is 3.65. The van der Waals surface area contributed by atoms with Gasteiger partial charge in [0.15, 0.2) is 5.82 Å². The molecule has 1 saturated heterocycles. The minimum absolute atomic E-state index is 0.107. The Balaban J connectivity index is 1.49. The van der Waals surface area contributed by atoms with Gasteiger partial charge in [0.1, 0.15) is 5.82 Å². The average Bonchev–Trinajstić information content (AvgIpc) is 3.29. The lowest BCUT2D eigenvalue weighted by atomic mass is 10.1. The van der Waals surface area contributed by atoms with E-state index in [9.17, 15) is 4.79 Å². The monoisotopic (exact) mass is 455 g/mol. The van der Waals surface area contributed by atoms with Gasteiger partial charge >= 0.3 is 0 Å². The zero-order valence-corrected chi connectivity index (χ0v) is 18.5. The van der Waals surface area contributed by atoms with E-state index in [2.05, 4.69) is 30.8 Å². The van der Waals surface area contributed by atoms with Crippen LogP contribution in [-0.2, 0) is 4.74 Å². The molecule has 1 fully saturated rings. The third-order valence-corrected chi connectivity index (χ3v) is 5.65. The Bertz CT molecular complexity index is 1080. The molecule has 0 unspecified atom stereocenters. The van der Waals surface area contributed by atoms with E-state index in [4.69, 9.17) is 22.1 Å². The second kappa shape index (κ2) is 10.1. The molecule has 1 aromatic carbocycles. The van der Waals surface area contributed by atoms with Crippen molar-refractivity contribution in [2.24, 2.45) is 5.73 Å². The molecule has 5 N–H and O–H groups in total. The van der Waals surface area contributed by atoms with Crippen LogP contribution in [0.4, 0.5) is 5.82 Å². The number of nitrogens with zero attached hydrogens (tertiary/aromatic N) is 3. The van der Waals surface area contributed by atoms with Crippen molar-refractivity contribution >= 4 is 23.3 Å². The normalized spacial score (nSPS) is 15.3. The van der Waals surface area contributed by atoms with Gasteiger partial charge in [0.2, 0.25) is 5.82 Å². The van der Waals surface area contributed by atoms with Gasteiger partial charge in [-0.05, 0) is 49.1 Å². The number of hydrogen-bond donors (Lipinski definition) is 4. The van der Waals surface area contributed by atoms with Crippen LogP contribution in [0.15, 0.2) is 36.5 Å². The van der Waals surface area contributed by atoms with Crippen LogP contribution in [-0.4, -0.2) is 51.9 Å². The highest BCUT2D eigenvalue weighted by Gasteiger charge is 2.20. The molecular formula is C22H26ClN7O2. The van der Waals surface area contributed by atoms with E-state index in [1.54, 1.807) is 18.3 Å². The standard InChI is InChI=1S/C22H26ClN7O2/c1-13-12-25-19(26-16-5-7-32-8-6-16)10-17(13)20-28-21(30-29-20)22(31)27-18(11-24)14-3-2-4-15(23)9-14/h2-4,9-10,12,16,18H,5-8,11,24H2,1H3,(H,25,26)(H,27,31)(H,28,29,30)/t18-/m1/s1. The molecule has 0 bridgehead atoms. The molecule has 1 amide bonds. The summed E-state index contributed by atoms with van der Waals surface area (Å²) in [6.45, 7) is 3.64. The Labute approximate surface area is 191 Å². The molecule has 168 valence electrons. The molecule has 9 nitrogen and oxygen atoms in total. The van der Waals surface area contributed by atoms with Crippen molar-refractivity contribution in [1.82, 2.24) is 25.5 Å². The lowest BCUT2D eigenvalue weighted by Gasteiger charge is -2.23. The van der Waals surface area contributed by atoms with Crippen LogP contribution < -0.4 is 16.4 Å². The summed E-state index contributed by atoms with van der Waals surface area (Å²) in [5, 5.41) is 13.9. The first-order valence-corrected chi connectivity index (χ1v) is 10.9. The maximum atomic E-state index is 12.8. The maximum absolute atomic E-state index is 12.8. The summed E-state index contributed by atoms with van der Waals surface area (Å²) in [7, 11) is 0. The van der Waals surface area contributed by atoms with Gasteiger partial charge in [-0.3, -0.25) is 9.89 Å². The van der Waals surface area contributed by atoms with Crippen molar-refractivity contribution in [2.75, 3.05) is 25.1 Å². The number of H-pyrrole nitrogens is 1. The second-order valence-electron chi connectivity index (χ2n) is 7.74. The van der Waals surface area contributed by atoms with Crippen molar-refractivity contribution in [1.29, 1.82) is 0 Å². The van der Waals surface area contributed by atoms with Gasteiger partial charge in [0.25, 0.3) is 5.91 Å². The number of nitrogens with one attached hydrogen (secondary N) is 3. The SMILES string of the molecule is Cc1cnc(NC2CCOCC2)cc1-c1n[nH]c(C(=O)N[C@H](CN)c2cccc(Cl)c2)n1. The molecule has 0 saturated carbocycles. The largest absolute Gasteiger partial charge is 0.381 e. The van der Waals surface area contributed by atoms with Crippen LogP contribution in [0.1, 0.15) is 40.6 Å². The lowest BCUT2D eigenvalue weighted by Crippen LogP contribution is -2.34. The molecule has 0 aliphatic carbocycles. The van der Waals surface area contributed by atoms with Crippen LogP contribution >= 0.6 is 11.6 Å². The maximum Gasteiger partial charge on any atom is 0.289 e. The topological polar surface area (TPSA) is 131 Å². The minimum Gasteiger partial charge on any atom is -0.381 e. The fraction of sp³-hybridized carbons (Fsp3) is 0.364. The predicted octanol–water partition coefficient (Wildman–Crippen LogP) is 2.85. The van der Waals surface area contributed by atoms with Crippen molar-refractivity contribution in [2.45, 2.75) is 31.8 Å². The number of carbonyl (C=O) groups is 1. The number of aromatic amines is 1. The highest BCUT2D eigenvalue weighted by atomic mass is 35.5. The van der Waals surface area contributed by atoms with Gasteiger partial charge in [-0.15, -0.1) is 0 Å². The summed E-state index contributed by atoms with van der Waals surface area (Å²) < 4.78 is 5.41. The fourth-order valence-electron chi connectivity index (χ4n) is 3.61. The number of nitrogens with two attached hydrogens (primary N) is 1. The highest BCUT2D eigenvalue weighted by Crippen LogP contribution is 2.24. The zero-order valence-electron chi connectivity index (χ0n) is 17.8. The van der Waals surface area contributed by atoms with Gasteiger partial charge in [-0.1, -0.05) is 23.7 Å². The van der Waals surface area contributed by atoms with Gasteiger partial charge in [0.05, 0.1) is 6.04 Å². The van der Waals surface area contributed by atoms with Crippen LogP contribution in [0.3, 0.4) is 0 Å². The molecule has 0 radical (unpaired) electrons. The highest BCUT2D eigenvalue weighted by molar-refractivity contribution is 6.30. The number of carbonyl (C=O) groups excluding carboxylic acids is 1. The van der Waals surface area contributed by atoms with Gasteiger partial charge < -0.3 is 21.1 Å². The van der Waals surface area contributed by atoms with E-state index < -0.39 is 11.9 Å². The number of benzene rings is 1. The number of halogens is 1. The molecule has 1 aliphatic rings. The van der Waals surface area contributed by atoms with E-state index in [0.717, 1.165) is 48.6 Å². The summed E-state index contributed by atoms with van der Waals surface area (Å²) in [4.78, 5) is 21.6. The number of hydrogen-bond acceptors (Lipinski definition) is 7. The third-order valence-electron chi connectivity index (χ3n) is 5.41. The smallest absolute Gasteiger partial charge is 0.289 e. The predicted molar refractivity (Wildman–Crippen MR) is 123 cm³/mol. The van der Waals surface area contributed by atoms with E-state index in [1.807, 2.05) is 25.1 Å². The zero-order chi connectivity index (χ0) is 22.5. The molecule has 3 aromatic rings. The van der Waals surface area contributed by atoms with Crippen molar-refractivity contribution < 1.29 is 9.53 Å². The minimum atomic E-state index is -0.397. The summed E-state index contributed by atoms with van der Waals surface area (Å²) >= 11 is 6.06. The average molecular weight is 456 g/mol. The number of aromatic nitrogens is 4. The second-order valence-corrected chi connectivity index (χ2v) is 8.18. The Morgan fingerprint density at radius 1 is 1.34 bits per heavy atom. The first kappa shape index (κ1) is 22.2. The number of rotatable bonds is 7. The molecule has 1 aliphatic heterocycles. The number of pyridine rings is 1. The molecule has 1 atom stereocenters. The molecule has 3 heterocycles. The Kier molecular flexibility index (Phi) is 6.99. The van der Waals surface area contributed by atoms with Crippen LogP contribution in [0.5, 0.6) is 0 Å². The van der Waals surface area contributed by atoms with Crippen molar-refractivity contribution in [3.63, 3.8) is 0 Å². The Morgan fingerprint density at radius 3 is 2.91 bits per heavy atom. The van der Waals surface area contributed by atoms with Crippen LogP contribution in [0.2, 0.25) is 5.02 Å². The molecular weight excluding hydrogens is 430 g/mol. The molecule has 0 spiro atoms. The molecule has 2 aromatic heterocycles. The van der Waals surface area contributed by atoms with Crippen molar-refractivity contribution in [3.05, 3.63) is 58.5 Å². The number of amides is 1. The molecule has 4 rings (SSSR count). The quantitative estimate of drug-likeness (QED) is 0.430. The number of ether oxygens (including phenoxy) is 1. The fourth-order valence-corrected chi connectivity index (χ4v) is 3.81. The summed E-state index contributed by atoms with van der Waals surface area (Å²) in [6, 6.07) is 9.06. The van der Waals surface area contributed by atoms with E-state index in [-0.39, 0.29) is 12.4 Å². The summed E-state index contributed by atoms with van der Waals surface area (Å²) in [5.74, 6) is 0.886. The number of aryl methyl sites for hydroxylation is 1. The van der Waals surface area contributed by atoms with Crippen LogP contribution in [0.25, 0.3) is 11.4 Å². The Hall–Kier alpha value is -3.01. The first-order chi connectivity index (χ1) is 15.5. The lowest BCUT2D eigenvalue weighted by molar-refractivity contribution is 0.0903. The van der Waals surface area contributed by atoms with Gasteiger partial charge in [-0.2, -0.15) is 5.10 Å². The van der Waals surface area contributed by atoms with Crippen molar-refractivity contribution in [3.8, 4) is 11.4 Å². The van der Waals surface area contributed by atoms with E-state index in [0.29, 0.717) is 16.9 Å². The van der Waals surface area contributed by atoms with E-state index in [1.165, 1.54) is 0 Å². The van der Waals surface area contributed by atoms with E-state index >= 15 is 0 Å². The Morgan fingerprint density at radius 2 is 2.16 bits per heavy atom. The van der Waals surface area contributed by atoms with Crippen LogP contribution in [0, 0.1) is 6.92 Å². The van der Waals surface area contributed by atoms with Gasteiger partial charge in [-0.25, -0.2) is 9.97 Å². The number of anilines is 1. The molecule has 10 heteroatoms. The molecule has 32 heavy (non-hydrogen) atoms.